The summed E-state index contributed by atoms with van der Waals surface area (Å²) in [5, 5.41) is 0. The molecule has 5 nitrogen and oxygen atoms in total. The third-order valence-corrected chi connectivity index (χ3v) is 6.31. The second-order valence-electron chi connectivity index (χ2n) is 7.34. The largest absolute Gasteiger partial charge is 0.497 e. The van der Waals surface area contributed by atoms with Crippen LogP contribution in [0.15, 0.2) is 18.2 Å². The van der Waals surface area contributed by atoms with Crippen molar-refractivity contribution in [3.05, 3.63) is 29.3 Å². The van der Waals surface area contributed by atoms with Crippen molar-refractivity contribution in [3.8, 4) is 5.75 Å². The van der Waals surface area contributed by atoms with Crippen molar-refractivity contribution in [1.82, 2.24) is 4.90 Å². The Balaban J connectivity index is 1.95. The molecule has 0 amide bonds. The van der Waals surface area contributed by atoms with E-state index in [9.17, 15) is 4.79 Å². The first kappa shape index (κ1) is 15.9. The molecule has 1 aromatic rings. The third-order valence-electron chi connectivity index (χ3n) is 6.31. The van der Waals surface area contributed by atoms with E-state index in [1.165, 1.54) is 18.1 Å². The summed E-state index contributed by atoms with van der Waals surface area (Å²) < 4.78 is 17.5. The van der Waals surface area contributed by atoms with E-state index < -0.39 is 5.60 Å². The second-order valence-corrected chi connectivity index (χ2v) is 7.34. The first-order valence-electron chi connectivity index (χ1n) is 8.67. The molecule has 5 heteroatoms. The molecular weight excluding hydrogens is 306 g/mol. The highest BCUT2D eigenvalue weighted by Crippen LogP contribution is 2.56. The van der Waals surface area contributed by atoms with Gasteiger partial charge in [0, 0.05) is 13.3 Å². The smallest absolute Gasteiger partial charge is 0.303 e. The van der Waals surface area contributed by atoms with Gasteiger partial charge in [0.2, 0.25) is 0 Å². The Labute approximate surface area is 142 Å². The van der Waals surface area contributed by atoms with Crippen LogP contribution in [0.4, 0.5) is 0 Å². The Hall–Kier alpha value is -1.59. The quantitative estimate of drug-likeness (QED) is 0.775. The number of likely N-dealkylation sites (N-methyl/N-ethyl adjacent to an activating group) is 1. The lowest BCUT2D eigenvalue weighted by Crippen LogP contribution is -2.75. The zero-order valence-electron chi connectivity index (χ0n) is 14.6. The van der Waals surface area contributed by atoms with E-state index in [-0.39, 0.29) is 17.4 Å². The maximum absolute atomic E-state index is 12.0. The minimum absolute atomic E-state index is 0.194. The lowest BCUT2D eigenvalue weighted by Gasteiger charge is -2.63. The summed E-state index contributed by atoms with van der Waals surface area (Å²) in [6.45, 7) is 3.74. The average molecular weight is 331 g/mol. The number of hydrogen-bond acceptors (Lipinski definition) is 5. The highest BCUT2D eigenvalue weighted by Gasteiger charge is 2.66. The minimum Gasteiger partial charge on any atom is -0.497 e. The molecule has 0 saturated carbocycles. The molecule has 2 aliphatic heterocycles. The first-order chi connectivity index (χ1) is 11.5. The molecule has 130 valence electrons. The molecule has 3 aliphatic rings. The molecule has 2 saturated heterocycles. The van der Waals surface area contributed by atoms with E-state index in [1.807, 2.05) is 6.07 Å². The van der Waals surface area contributed by atoms with Crippen molar-refractivity contribution in [1.29, 1.82) is 0 Å². The van der Waals surface area contributed by atoms with Gasteiger partial charge in [-0.05, 0) is 49.7 Å². The van der Waals surface area contributed by atoms with Crippen LogP contribution in [0.1, 0.15) is 30.9 Å². The van der Waals surface area contributed by atoms with Gasteiger partial charge < -0.3 is 14.2 Å². The number of hydrogen-bond donors (Lipinski definition) is 0. The molecule has 2 fully saturated rings. The van der Waals surface area contributed by atoms with Gasteiger partial charge in [-0.15, -0.1) is 0 Å². The van der Waals surface area contributed by atoms with Crippen LogP contribution in [0.5, 0.6) is 5.75 Å². The number of nitrogens with zero attached hydrogens (tertiary/aromatic N) is 1. The van der Waals surface area contributed by atoms with E-state index in [1.54, 1.807) is 7.11 Å². The highest BCUT2D eigenvalue weighted by atomic mass is 16.6. The summed E-state index contributed by atoms with van der Waals surface area (Å²) in [5.74, 6) is 0.649. The molecule has 0 aromatic heterocycles. The van der Waals surface area contributed by atoms with Crippen molar-refractivity contribution in [2.24, 2.45) is 0 Å². The van der Waals surface area contributed by atoms with Crippen LogP contribution >= 0.6 is 0 Å². The standard InChI is InChI=1S/C19H25NO4/c1-13(21)24-19-7-9-23-12-18(19)6-8-20(2)17(19)10-14-4-5-15(22-3)11-16(14)18/h4-5,11,17H,6-10,12H2,1-3H3/t17-,18-,19-/m1/s1. The van der Waals surface area contributed by atoms with Crippen LogP contribution in [0, 0.1) is 0 Å². The number of methoxy groups -OCH3 is 1. The molecule has 3 atom stereocenters. The molecule has 1 aliphatic carbocycles. The molecule has 4 rings (SSSR count). The Morgan fingerprint density at radius 2 is 2.21 bits per heavy atom. The fraction of sp³-hybridized carbons (Fsp3) is 0.632. The number of carbonyl (C=O) groups is 1. The highest BCUT2D eigenvalue weighted by molar-refractivity contribution is 5.67. The van der Waals surface area contributed by atoms with E-state index >= 15 is 0 Å². The summed E-state index contributed by atoms with van der Waals surface area (Å²) in [7, 11) is 3.83. The van der Waals surface area contributed by atoms with Gasteiger partial charge in [0.15, 0.2) is 0 Å². The topological polar surface area (TPSA) is 48.0 Å². The second kappa shape index (κ2) is 5.46. The number of esters is 1. The summed E-state index contributed by atoms with van der Waals surface area (Å²) >= 11 is 0. The van der Waals surface area contributed by atoms with Gasteiger partial charge in [0.1, 0.15) is 11.4 Å². The first-order valence-corrected chi connectivity index (χ1v) is 8.67. The predicted molar refractivity (Wildman–Crippen MR) is 89.3 cm³/mol. The Kier molecular flexibility index (Phi) is 3.62. The summed E-state index contributed by atoms with van der Waals surface area (Å²) in [5.41, 5.74) is 1.77. The molecule has 0 unspecified atom stereocenters. The van der Waals surface area contributed by atoms with E-state index in [0.717, 1.165) is 31.6 Å². The van der Waals surface area contributed by atoms with Gasteiger partial charge in [-0.2, -0.15) is 0 Å². The Morgan fingerprint density at radius 1 is 1.38 bits per heavy atom. The fourth-order valence-corrected chi connectivity index (χ4v) is 5.23. The lowest BCUT2D eigenvalue weighted by molar-refractivity contribution is -0.223. The van der Waals surface area contributed by atoms with Crippen molar-refractivity contribution in [2.45, 2.75) is 43.2 Å². The number of carbonyl (C=O) groups excluding carboxylic acids is 1. The molecule has 2 heterocycles. The molecule has 24 heavy (non-hydrogen) atoms. The van der Waals surface area contributed by atoms with Crippen LogP contribution in [-0.4, -0.2) is 56.4 Å². The Morgan fingerprint density at radius 3 is 2.96 bits per heavy atom. The number of likely N-dealkylation sites (tertiary alicyclic amines) is 1. The number of ether oxygens (including phenoxy) is 3. The summed E-state index contributed by atoms with van der Waals surface area (Å²) in [6, 6.07) is 6.51. The van der Waals surface area contributed by atoms with Gasteiger partial charge in [0.05, 0.1) is 31.8 Å². The van der Waals surface area contributed by atoms with Crippen molar-refractivity contribution >= 4 is 5.97 Å². The van der Waals surface area contributed by atoms with E-state index in [0.29, 0.717) is 13.2 Å². The SMILES string of the molecule is COc1ccc2c(c1)[C@]13CCN(C)[C@H](C2)[C@]1(OC(C)=O)CCOC3. The van der Waals surface area contributed by atoms with Crippen molar-refractivity contribution in [3.63, 3.8) is 0 Å². The van der Waals surface area contributed by atoms with Crippen molar-refractivity contribution in [2.75, 3.05) is 33.9 Å². The normalized spacial score (nSPS) is 34.9. The predicted octanol–water partition coefficient (Wildman–Crippen LogP) is 1.92. The molecular formula is C19H25NO4. The third kappa shape index (κ3) is 1.97. The molecule has 1 aromatic carbocycles. The van der Waals surface area contributed by atoms with Crippen LogP contribution in [0.3, 0.4) is 0 Å². The summed E-state index contributed by atoms with van der Waals surface area (Å²) in [6.07, 6.45) is 2.57. The zero-order valence-corrected chi connectivity index (χ0v) is 14.6. The van der Waals surface area contributed by atoms with Gasteiger partial charge >= 0.3 is 5.97 Å². The maximum Gasteiger partial charge on any atom is 0.303 e. The van der Waals surface area contributed by atoms with Crippen LogP contribution < -0.4 is 4.74 Å². The van der Waals surface area contributed by atoms with Gasteiger partial charge in [-0.25, -0.2) is 0 Å². The van der Waals surface area contributed by atoms with E-state index in [4.69, 9.17) is 14.2 Å². The molecule has 2 bridgehead atoms. The Bertz CT molecular complexity index is 675. The van der Waals surface area contributed by atoms with Gasteiger partial charge in [0.25, 0.3) is 0 Å². The summed E-state index contributed by atoms with van der Waals surface area (Å²) in [4.78, 5) is 14.4. The number of benzene rings is 1. The van der Waals surface area contributed by atoms with Crippen LogP contribution in [0.25, 0.3) is 0 Å². The van der Waals surface area contributed by atoms with Crippen molar-refractivity contribution < 1.29 is 19.0 Å². The molecule has 0 spiro atoms. The molecule has 0 radical (unpaired) electrons. The lowest BCUT2D eigenvalue weighted by atomic mass is 9.53. The monoisotopic (exact) mass is 331 g/mol. The minimum atomic E-state index is -0.510. The maximum atomic E-state index is 12.0. The number of piperidine rings is 1. The average Bonchev–Trinajstić information content (AvgIpc) is 2.57. The van der Waals surface area contributed by atoms with Gasteiger partial charge in [-0.1, -0.05) is 6.07 Å². The number of rotatable bonds is 2. The molecule has 0 N–H and O–H groups in total. The number of fused-ring (bicyclic) bond motifs is 1. The fourth-order valence-electron chi connectivity index (χ4n) is 5.23. The van der Waals surface area contributed by atoms with Crippen LogP contribution in [0.2, 0.25) is 0 Å². The van der Waals surface area contributed by atoms with Gasteiger partial charge in [-0.3, -0.25) is 9.69 Å². The van der Waals surface area contributed by atoms with Crippen LogP contribution in [-0.2, 0) is 26.1 Å². The zero-order chi connectivity index (χ0) is 16.9. The van der Waals surface area contributed by atoms with E-state index in [2.05, 4.69) is 24.1 Å².